The molecule has 1 fully saturated rings. The molecule has 160 valence electrons. The van der Waals surface area contributed by atoms with E-state index in [1.807, 2.05) is 6.92 Å². The number of rotatable bonds is 6. The average Bonchev–Trinajstić information content (AvgIpc) is 2.74. The van der Waals surface area contributed by atoms with Gasteiger partial charge in [0, 0.05) is 6.04 Å². The zero-order valence-corrected chi connectivity index (χ0v) is 17.9. The summed E-state index contributed by atoms with van der Waals surface area (Å²) in [6.45, 7) is 1.88. The first-order valence-electron chi connectivity index (χ1n) is 9.87. The van der Waals surface area contributed by atoms with E-state index in [-0.39, 0.29) is 40.0 Å². The molecule has 2 aromatic carbocycles. The Labute approximate surface area is 176 Å². The number of aryl methyl sites for hydroxylation is 1. The number of anilines is 1. The van der Waals surface area contributed by atoms with Gasteiger partial charge in [0.05, 0.1) is 29.2 Å². The van der Waals surface area contributed by atoms with Gasteiger partial charge in [-0.25, -0.2) is 8.42 Å². The van der Waals surface area contributed by atoms with Crippen LogP contribution in [0.25, 0.3) is 0 Å². The summed E-state index contributed by atoms with van der Waals surface area (Å²) in [7, 11) is -2.44. The molecular formula is C22H26N2O5S. The number of benzene rings is 2. The molecule has 0 aliphatic heterocycles. The molecule has 0 unspecified atom stereocenters. The number of hydrogen-bond acceptors (Lipinski definition) is 5. The number of carbonyl (C=O) groups is 2. The second-order valence-electron chi connectivity index (χ2n) is 7.51. The summed E-state index contributed by atoms with van der Waals surface area (Å²) in [6.07, 6.45) is 2.64. The van der Waals surface area contributed by atoms with Crippen LogP contribution in [0.2, 0.25) is 0 Å². The van der Waals surface area contributed by atoms with Gasteiger partial charge >= 0.3 is 5.97 Å². The van der Waals surface area contributed by atoms with Crippen molar-refractivity contribution in [1.29, 1.82) is 0 Å². The van der Waals surface area contributed by atoms with E-state index < -0.39 is 10.0 Å². The summed E-state index contributed by atoms with van der Waals surface area (Å²) >= 11 is 0. The number of nitrogens with one attached hydrogen (secondary N) is 2. The van der Waals surface area contributed by atoms with E-state index in [9.17, 15) is 18.0 Å². The zero-order chi connectivity index (χ0) is 21.7. The van der Waals surface area contributed by atoms with Crippen molar-refractivity contribution in [3.8, 4) is 0 Å². The van der Waals surface area contributed by atoms with E-state index in [2.05, 4.69) is 10.0 Å². The first kappa shape index (κ1) is 21.8. The van der Waals surface area contributed by atoms with Crippen LogP contribution in [0.3, 0.4) is 0 Å². The molecule has 1 saturated carbocycles. The highest BCUT2D eigenvalue weighted by Gasteiger charge is 2.28. The Morgan fingerprint density at radius 1 is 0.967 bits per heavy atom. The molecule has 2 aromatic rings. The van der Waals surface area contributed by atoms with Crippen molar-refractivity contribution in [3.05, 3.63) is 59.7 Å². The summed E-state index contributed by atoms with van der Waals surface area (Å²) in [6, 6.07) is 12.9. The highest BCUT2D eigenvalue weighted by atomic mass is 32.2. The fourth-order valence-electron chi connectivity index (χ4n) is 3.59. The van der Waals surface area contributed by atoms with Gasteiger partial charge in [-0.3, -0.25) is 14.3 Å². The fraction of sp³-hybridized carbons (Fsp3) is 0.364. The molecule has 0 aromatic heterocycles. The van der Waals surface area contributed by atoms with Crippen molar-refractivity contribution in [2.24, 2.45) is 5.92 Å². The predicted molar refractivity (Wildman–Crippen MR) is 114 cm³/mol. The van der Waals surface area contributed by atoms with Crippen LogP contribution in [0.4, 0.5) is 5.69 Å². The van der Waals surface area contributed by atoms with Crippen LogP contribution in [-0.2, 0) is 19.6 Å². The molecule has 8 heteroatoms. The molecule has 0 atom stereocenters. The molecule has 1 aliphatic rings. The van der Waals surface area contributed by atoms with E-state index in [0.717, 1.165) is 5.56 Å². The number of esters is 1. The highest BCUT2D eigenvalue weighted by molar-refractivity contribution is 7.92. The largest absolute Gasteiger partial charge is 0.469 e. The summed E-state index contributed by atoms with van der Waals surface area (Å²) in [5, 5.41) is 2.96. The Balaban J connectivity index is 1.70. The summed E-state index contributed by atoms with van der Waals surface area (Å²) in [5.74, 6) is -0.689. The molecule has 1 amide bonds. The lowest BCUT2D eigenvalue weighted by Gasteiger charge is -2.27. The van der Waals surface area contributed by atoms with E-state index >= 15 is 0 Å². The van der Waals surface area contributed by atoms with E-state index in [1.165, 1.54) is 19.2 Å². The quantitative estimate of drug-likeness (QED) is 0.685. The Hall–Kier alpha value is -2.87. The minimum Gasteiger partial charge on any atom is -0.469 e. The van der Waals surface area contributed by atoms with Crippen molar-refractivity contribution < 1.29 is 22.7 Å². The molecule has 3 rings (SSSR count). The van der Waals surface area contributed by atoms with E-state index in [1.54, 1.807) is 36.4 Å². The first-order chi connectivity index (χ1) is 14.3. The zero-order valence-electron chi connectivity index (χ0n) is 17.1. The van der Waals surface area contributed by atoms with E-state index in [4.69, 9.17) is 4.74 Å². The van der Waals surface area contributed by atoms with Gasteiger partial charge < -0.3 is 10.1 Å². The van der Waals surface area contributed by atoms with Crippen molar-refractivity contribution in [3.63, 3.8) is 0 Å². The molecule has 0 saturated heterocycles. The number of carbonyl (C=O) groups excluding carboxylic acids is 2. The van der Waals surface area contributed by atoms with Crippen molar-refractivity contribution in [2.45, 2.75) is 43.5 Å². The van der Waals surface area contributed by atoms with Gasteiger partial charge in [-0.1, -0.05) is 29.8 Å². The third-order valence-corrected chi connectivity index (χ3v) is 6.73. The summed E-state index contributed by atoms with van der Waals surface area (Å²) < 4.78 is 32.7. The number of hydrogen-bond donors (Lipinski definition) is 2. The topological polar surface area (TPSA) is 102 Å². The van der Waals surface area contributed by atoms with Crippen LogP contribution in [0.15, 0.2) is 53.4 Å². The van der Waals surface area contributed by atoms with Crippen LogP contribution in [0.1, 0.15) is 41.6 Å². The Morgan fingerprint density at radius 3 is 2.23 bits per heavy atom. The lowest BCUT2D eigenvalue weighted by molar-refractivity contribution is -0.146. The van der Waals surface area contributed by atoms with Crippen molar-refractivity contribution in [2.75, 3.05) is 11.8 Å². The first-order valence-corrected chi connectivity index (χ1v) is 11.4. The standard InChI is InChI=1S/C22H26N2O5S/c1-15-7-13-18(14-8-15)30(27,28)24-20-6-4-3-5-19(20)21(25)23-17-11-9-16(10-12-17)22(26)29-2/h3-8,13-14,16-17,24H,9-12H2,1-2H3,(H,23,25). The minimum atomic E-state index is -3.82. The minimum absolute atomic E-state index is 0.0693. The van der Waals surface area contributed by atoms with Crippen LogP contribution in [0, 0.1) is 12.8 Å². The van der Waals surface area contributed by atoms with Gasteiger partial charge in [-0.15, -0.1) is 0 Å². The van der Waals surface area contributed by atoms with Crippen LogP contribution >= 0.6 is 0 Å². The SMILES string of the molecule is COC(=O)C1CCC(NC(=O)c2ccccc2NS(=O)(=O)c2ccc(C)cc2)CC1. The van der Waals surface area contributed by atoms with Gasteiger partial charge in [0.15, 0.2) is 0 Å². The molecule has 1 aliphatic carbocycles. The molecular weight excluding hydrogens is 404 g/mol. The molecule has 30 heavy (non-hydrogen) atoms. The van der Waals surface area contributed by atoms with Crippen LogP contribution in [-0.4, -0.2) is 33.4 Å². The number of amides is 1. The predicted octanol–water partition coefficient (Wildman–Crippen LogP) is 3.26. The molecule has 0 heterocycles. The smallest absolute Gasteiger partial charge is 0.308 e. The number of para-hydroxylation sites is 1. The summed E-state index contributed by atoms with van der Waals surface area (Å²) in [5.41, 5.74) is 1.43. The second kappa shape index (κ2) is 9.30. The summed E-state index contributed by atoms with van der Waals surface area (Å²) in [4.78, 5) is 24.6. The Morgan fingerprint density at radius 2 is 1.60 bits per heavy atom. The average molecular weight is 431 g/mol. The Bertz CT molecular complexity index is 1010. The number of ether oxygens (including phenoxy) is 1. The highest BCUT2D eigenvalue weighted by Crippen LogP contribution is 2.26. The lowest BCUT2D eigenvalue weighted by atomic mass is 9.86. The van der Waals surface area contributed by atoms with Crippen LogP contribution in [0.5, 0.6) is 0 Å². The van der Waals surface area contributed by atoms with Gasteiger partial charge in [0.25, 0.3) is 15.9 Å². The maximum atomic E-state index is 12.8. The number of methoxy groups -OCH3 is 1. The maximum Gasteiger partial charge on any atom is 0.308 e. The molecule has 0 radical (unpaired) electrons. The molecule has 0 spiro atoms. The fourth-order valence-corrected chi connectivity index (χ4v) is 4.67. The number of sulfonamides is 1. The second-order valence-corrected chi connectivity index (χ2v) is 9.19. The van der Waals surface area contributed by atoms with E-state index in [0.29, 0.717) is 25.7 Å². The third kappa shape index (κ3) is 5.18. The van der Waals surface area contributed by atoms with Crippen molar-refractivity contribution in [1.82, 2.24) is 5.32 Å². The molecule has 2 N–H and O–H groups in total. The van der Waals surface area contributed by atoms with Gasteiger partial charge in [0.2, 0.25) is 0 Å². The maximum absolute atomic E-state index is 12.8. The van der Waals surface area contributed by atoms with Gasteiger partial charge in [-0.05, 0) is 56.9 Å². The molecule has 7 nitrogen and oxygen atoms in total. The lowest BCUT2D eigenvalue weighted by Crippen LogP contribution is -2.39. The van der Waals surface area contributed by atoms with Crippen LogP contribution < -0.4 is 10.0 Å². The van der Waals surface area contributed by atoms with Crippen molar-refractivity contribution >= 4 is 27.6 Å². The normalized spacial score (nSPS) is 19.0. The Kier molecular flexibility index (Phi) is 6.77. The third-order valence-electron chi connectivity index (χ3n) is 5.34. The monoisotopic (exact) mass is 430 g/mol. The molecule has 0 bridgehead atoms. The van der Waals surface area contributed by atoms with Gasteiger partial charge in [0.1, 0.15) is 0 Å². The van der Waals surface area contributed by atoms with Gasteiger partial charge in [-0.2, -0.15) is 0 Å².